The lowest BCUT2D eigenvalue weighted by atomic mass is 9.94. The molecule has 0 aliphatic heterocycles. The number of hydrogen-bond acceptors (Lipinski definition) is 4. The first kappa shape index (κ1) is 20.7. The van der Waals surface area contributed by atoms with Gasteiger partial charge in [0.1, 0.15) is 6.33 Å². The third-order valence-corrected chi connectivity index (χ3v) is 5.50. The van der Waals surface area contributed by atoms with Gasteiger partial charge in [0, 0.05) is 40.7 Å². The van der Waals surface area contributed by atoms with Gasteiger partial charge in [0.05, 0.1) is 11.4 Å². The topological polar surface area (TPSA) is 67.8 Å². The summed E-state index contributed by atoms with van der Waals surface area (Å²) in [5, 5.41) is 3.54. The van der Waals surface area contributed by atoms with E-state index in [9.17, 15) is 4.79 Å². The minimum atomic E-state index is -0.195. The summed E-state index contributed by atoms with van der Waals surface area (Å²) in [6.07, 6.45) is 5.67. The van der Waals surface area contributed by atoms with Crippen LogP contribution in [0.5, 0.6) is 0 Å². The number of aromatic nitrogens is 3. The van der Waals surface area contributed by atoms with E-state index < -0.39 is 0 Å². The predicted molar refractivity (Wildman–Crippen MR) is 123 cm³/mol. The summed E-state index contributed by atoms with van der Waals surface area (Å²) in [6, 6.07) is 16.7. The summed E-state index contributed by atoms with van der Waals surface area (Å²) >= 11 is 6.03. The molecule has 0 saturated heterocycles. The molecular formula is C25H21ClN4O. The van der Waals surface area contributed by atoms with Gasteiger partial charge in [-0.3, -0.25) is 9.78 Å². The molecule has 0 unspecified atom stereocenters. The smallest absolute Gasteiger partial charge is 0.255 e. The first-order chi connectivity index (χ1) is 15.0. The molecule has 2 aromatic carbocycles. The van der Waals surface area contributed by atoms with Crippen molar-refractivity contribution < 1.29 is 4.79 Å². The van der Waals surface area contributed by atoms with Crippen molar-refractivity contribution in [3.63, 3.8) is 0 Å². The molecule has 0 bridgehead atoms. The quantitative estimate of drug-likeness (QED) is 0.446. The number of anilines is 1. The van der Waals surface area contributed by atoms with Crippen molar-refractivity contribution in [3.05, 3.63) is 106 Å². The standard InChI is InChI=1S/C25H21ClN4O/c1-16-8-9-22(30-25(31)18-5-3-6-19(26)13-18)17(2)21(16)14-24-20(7-4-11-28-24)23-10-12-27-15-29-23/h3-13,15H,14H2,1-2H3,(H,30,31). The Labute approximate surface area is 186 Å². The van der Waals surface area contributed by atoms with E-state index in [4.69, 9.17) is 11.6 Å². The van der Waals surface area contributed by atoms with E-state index in [0.717, 1.165) is 39.3 Å². The van der Waals surface area contributed by atoms with Gasteiger partial charge in [-0.05, 0) is 73.0 Å². The molecule has 1 amide bonds. The molecule has 0 atom stereocenters. The SMILES string of the molecule is Cc1ccc(NC(=O)c2cccc(Cl)c2)c(C)c1Cc1ncccc1-c1ccncn1. The van der Waals surface area contributed by atoms with Crippen molar-refractivity contribution in [2.45, 2.75) is 20.3 Å². The van der Waals surface area contributed by atoms with Crippen LogP contribution in [0.4, 0.5) is 5.69 Å². The van der Waals surface area contributed by atoms with Crippen LogP contribution in [0.15, 0.2) is 73.3 Å². The van der Waals surface area contributed by atoms with Crippen LogP contribution in [0.2, 0.25) is 5.02 Å². The Balaban J connectivity index is 1.66. The Morgan fingerprint density at radius 1 is 1.00 bits per heavy atom. The lowest BCUT2D eigenvalue weighted by Crippen LogP contribution is -2.14. The lowest BCUT2D eigenvalue weighted by molar-refractivity contribution is 0.102. The van der Waals surface area contributed by atoms with Crippen LogP contribution < -0.4 is 5.32 Å². The summed E-state index contributed by atoms with van der Waals surface area (Å²) in [7, 11) is 0. The molecule has 2 aromatic heterocycles. The molecule has 0 radical (unpaired) electrons. The van der Waals surface area contributed by atoms with Crippen LogP contribution in [-0.2, 0) is 6.42 Å². The Bertz CT molecular complexity index is 1240. The summed E-state index contributed by atoms with van der Waals surface area (Å²) in [6.45, 7) is 4.08. The van der Waals surface area contributed by atoms with E-state index in [1.165, 1.54) is 6.33 Å². The molecule has 31 heavy (non-hydrogen) atoms. The highest BCUT2D eigenvalue weighted by Gasteiger charge is 2.15. The van der Waals surface area contributed by atoms with Crippen molar-refractivity contribution in [2.24, 2.45) is 0 Å². The average Bonchev–Trinajstić information content (AvgIpc) is 2.79. The number of nitrogens with zero attached hydrogens (tertiary/aromatic N) is 3. The van der Waals surface area contributed by atoms with Crippen molar-refractivity contribution in [1.29, 1.82) is 0 Å². The van der Waals surface area contributed by atoms with E-state index in [1.54, 1.807) is 36.7 Å². The number of carbonyl (C=O) groups is 1. The molecule has 4 rings (SSSR count). The number of pyridine rings is 1. The van der Waals surface area contributed by atoms with Crippen LogP contribution in [0.3, 0.4) is 0 Å². The van der Waals surface area contributed by atoms with Crippen molar-refractivity contribution >= 4 is 23.2 Å². The molecular weight excluding hydrogens is 408 g/mol. The lowest BCUT2D eigenvalue weighted by Gasteiger charge is -2.16. The first-order valence-electron chi connectivity index (χ1n) is 9.89. The van der Waals surface area contributed by atoms with Gasteiger partial charge in [-0.15, -0.1) is 0 Å². The number of amides is 1. The number of aryl methyl sites for hydroxylation is 1. The molecule has 0 aliphatic carbocycles. The fourth-order valence-corrected chi connectivity index (χ4v) is 3.74. The maximum Gasteiger partial charge on any atom is 0.255 e. The first-order valence-corrected chi connectivity index (χ1v) is 10.3. The van der Waals surface area contributed by atoms with Crippen molar-refractivity contribution in [1.82, 2.24) is 15.0 Å². The summed E-state index contributed by atoms with van der Waals surface area (Å²) < 4.78 is 0. The molecule has 0 saturated carbocycles. The van der Waals surface area contributed by atoms with Gasteiger partial charge < -0.3 is 5.32 Å². The monoisotopic (exact) mass is 428 g/mol. The molecule has 154 valence electrons. The van der Waals surface area contributed by atoms with Gasteiger partial charge in [0.15, 0.2) is 0 Å². The van der Waals surface area contributed by atoms with E-state index in [1.807, 2.05) is 37.3 Å². The molecule has 0 aliphatic rings. The van der Waals surface area contributed by atoms with Crippen LogP contribution in [0.25, 0.3) is 11.3 Å². The highest BCUT2D eigenvalue weighted by Crippen LogP contribution is 2.28. The van der Waals surface area contributed by atoms with Crippen LogP contribution >= 0.6 is 11.6 Å². The van der Waals surface area contributed by atoms with Crippen LogP contribution in [0.1, 0.15) is 32.7 Å². The minimum Gasteiger partial charge on any atom is -0.322 e. The molecule has 5 nitrogen and oxygen atoms in total. The van der Waals surface area contributed by atoms with Crippen LogP contribution in [0, 0.1) is 13.8 Å². The van der Waals surface area contributed by atoms with Gasteiger partial charge in [-0.1, -0.05) is 23.7 Å². The van der Waals surface area contributed by atoms with E-state index >= 15 is 0 Å². The normalized spacial score (nSPS) is 10.7. The second-order valence-electron chi connectivity index (χ2n) is 7.27. The number of benzene rings is 2. The fraction of sp³-hybridized carbons (Fsp3) is 0.120. The zero-order valence-electron chi connectivity index (χ0n) is 17.3. The third kappa shape index (κ3) is 4.62. The highest BCUT2D eigenvalue weighted by atomic mass is 35.5. The Morgan fingerprint density at radius 2 is 1.87 bits per heavy atom. The van der Waals surface area contributed by atoms with Gasteiger partial charge >= 0.3 is 0 Å². The number of hydrogen-bond donors (Lipinski definition) is 1. The molecule has 0 fully saturated rings. The minimum absolute atomic E-state index is 0.195. The third-order valence-electron chi connectivity index (χ3n) is 5.26. The maximum atomic E-state index is 12.7. The predicted octanol–water partition coefficient (Wildman–Crippen LogP) is 5.65. The van der Waals surface area contributed by atoms with Gasteiger partial charge in [-0.2, -0.15) is 0 Å². The van der Waals surface area contributed by atoms with Crippen LogP contribution in [-0.4, -0.2) is 20.9 Å². The number of carbonyl (C=O) groups excluding carboxylic acids is 1. The fourth-order valence-electron chi connectivity index (χ4n) is 3.55. The highest BCUT2D eigenvalue weighted by molar-refractivity contribution is 6.31. The summed E-state index contributed by atoms with van der Waals surface area (Å²) in [4.78, 5) is 25.7. The van der Waals surface area contributed by atoms with E-state index in [-0.39, 0.29) is 5.91 Å². The molecule has 1 N–H and O–H groups in total. The Kier molecular flexibility index (Phi) is 6.05. The molecule has 2 heterocycles. The Hall–Kier alpha value is -3.57. The largest absolute Gasteiger partial charge is 0.322 e. The maximum absolute atomic E-state index is 12.7. The van der Waals surface area contributed by atoms with Gasteiger partial charge in [-0.25, -0.2) is 9.97 Å². The van der Waals surface area contributed by atoms with Crippen molar-refractivity contribution in [3.8, 4) is 11.3 Å². The van der Waals surface area contributed by atoms with E-state index in [0.29, 0.717) is 17.0 Å². The zero-order chi connectivity index (χ0) is 21.8. The number of rotatable bonds is 5. The molecule has 4 aromatic rings. The van der Waals surface area contributed by atoms with Gasteiger partial charge in [0.2, 0.25) is 0 Å². The zero-order valence-corrected chi connectivity index (χ0v) is 18.0. The summed E-state index contributed by atoms with van der Waals surface area (Å²) in [5.41, 5.74) is 7.28. The average molecular weight is 429 g/mol. The second kappa shape index (κ2) is 9.06. The summed E-state index contributed by atoms with van der Waals surface area (Å²) in [5.74, 6) is -0.195. The molecule has 6 heteroatoms. The number of nitrogens with one attached hydrogen (secondary N) is 1. The molecule has 0 spiro atoms. The van der Waals surface area contributed by atoms with Gasteiger partial charge in [0.25, 0.3) is 5.91 Å². The Morgan fingerprint density at radius 3 is 2.65 bits per heavy atom. The number of halogens is 1. The van der Waals surface area contributed by atoms with E-state index in [2.05, 4.69) is 27.2 Å². The van der Waals surface area contributed by atoms with Crippen molar-refractivity contribution in [2.75, 3.05) is 5.32 Å². The second-order valence-corrected chi connectivity index (χ2v) is 7.70.